The first kappa shape index (κ1) is 74.0. The molecular formula is C114H66N12. The molecule has 0 aliphatic carbocycles. The minimum Gasteiger partial charge on any atom is -0.309 e. The summed E-state index contributed by atoms with van der Waals surface area (Å²) >= 11 is 0. The molecule has 12 nitrogen and oxygen atoms in total. The van der Waals surface area contributed by atoms with E-state index in [1.807, 2.05) is 140 Å². The first-order valence-electron chi connectivity index (χ1n) is 41.5. The summed E-state index contributed by atoms with van der Waals surface area (Å²) in [6.07, 6.45) is 0. The van der Waals surface area contributed by atoms with Gasteiger partial charge in [-0.05, 0) is 197 Å². The zero-order chi connectivity index (χ0) is 84.6. The number of fused-ring (bicyclic) bond motifs is 18. The molecule has 12 heteroatoms. The fourth-order valence-electron chi connectivity index (χ4n) is 19.5. The van der Waals surface area contributed by atoms with E-state index >= 15 is 0 Å². The van der Waals surface area contributed by atoms with E-state index in [9.17, 15) is 31.6 Å². The van der Waals surface area contributed by atoms with Crippen LogP contribution in [0, 0.1) is 68.0 Å². The van der Waals surface area contributed by atoms with Gasteiger partial charge in [0.25, 0.3) is 0 Å². The van der Waals surface area contributed by atoms with E-state index in [2.05, 4.69) is 325 Å². The third-order valence-corrected chi connectivity index (χ3v) is 24.6. The highest BCUT2D eigenvalue weighted by Gasteiger charge is 2.27. The molecule has 0 spiro atoms. The molecule has 0 unspecified atom stereocenters. The van der Waals surface area contributed by atoms with Gasteiger partial charge < -0.3 is 27.4 Å². The van der Waals surface area contributed by atoms with Crippen molar-refractivity contribution in [2.24, 2.45) is 0 Å². The molecule has 126 heavy (non-hydrogen) atoms. The molecule has 582 valence electrons. The van der Waals surface area contributed by atoms with Gasteiger partial charge in [-0.15, -0.1) is 0 Å². The standard InChI is InChI=1S/3C38H22N4/c39-23-25-11-1-5-17-31(25)41-33-19-7-3-13-29(33)37-27(15-9-21-35(37)41)28-16-10-22-36-38(28)30-14-4-8-20-34(30)42(36)32-18-6-2-12-26(32)24-40;39-23-25-10-7-12-27(22-25)41-33-18-5-2-13-30(33)37-28(15-8-20-35(37)41)29-16-9-21-36-38(29)31-14-3-6-19-34(31)42(36)32-17-4-1-11-26(32)24-40;39-23-25-9-5-11-27(21-25)41-33-17-3-1-13-31(33)37-29(15-7-19-35(37)41)30-16-8-20-36-38(30)32-14-2-4-18-34(32)42(36)28-12-6-10-26(22-28)24-40/h3*1-22H. The summed E-state index contributed by atoms with van der Waals surface area (Å²) in [5, 5.41) is 72.5. The van der Waals surface area contributed by atoms with E-state index in [4.69, 9.17) is 0 Å². The third kappa shape index (κ3) is 11.7. The SMILES string of the molecule is N#Cc1cccc(-n2c3ccccc3c3c(-c4cccc5c4c4ccccc4n5-c4cccc(C#N)c4)cccc32)c1.N#Cc1cccc(-n2c3ccccc3c3c(-c4cccc5c4c4ccccc4n5-c4ccccc4C#N)cccc32)c1.N#Cc1ccccc1-n1c2ccccc2c2c(-c3cccc4c3c3ccccc3n4-c3ccccc3C#N)cccc21. The normalized spacial score (nSPS) is 11.3. The topological polar surface area (TPSA) is 172 Å². The second kappa shape index (κ2) is 30.5. The average Bonchev–Trinajstić information content (AvgIpc) is 1.56. The van der Waals surface area contributed by atoms with Crippen molar-refractivity contribution < 1.29 is 0 Å². The summed E-state index contributed by atoms with van der Waals surface area (Å²) in [5.74, 6) is 0. The lowest BCUT2D eigenvalue weighted by Crippen LogP contribution is -1.97. The Kier molecular flexibility index (Phi) is 17.9. The molecule has 0 N–H and O–H groups in total. The zero-order valence-corrected chi connectivity index (χ0v) is 67.5. The minimum atomic E-state index is 0.629. The molecule has 0 atom stereocenters. The first-order valence-corrected chi connectivity index (χ1v) is 41.5. The van der Waals surface area contributed by atoms with Gasteiger partial charge in [0, 0.05) is 81.7 Å². The predicted octanol–water partition coefficient (Wildman–Crippen LogP) is 27.9. The summed E-state index contributed by atoms with van der Waals surface area (Å²) in [4.78, 5) is 0. The van der Waals surface area contributed by atoms with Crippen molar-refractivity contribution in [2.75, 3.05) is 0 Å². The van der Waals surface area contributed by atoms with E-state index in [0.29, 0.717) is 33.4 Å². The molecule has 0 saturated carbocycles. The van der Waals surface area contributed by atoms with Gasteiger partial charge in [0.2, 0.25) is 0 Å². The summed E-state index contributed by atoms with van der Waals surface area (Å²) < 4.78 is 13.4. The van der Waals surface area contributed by atoms with Crippen molar-refractivity contribution in [3.63, 3.8) is 0 Å². The van der Waals surface area contributed by atoms with Gasteiger partial charge in [-0.2, -0.15) is 31.6 Å². The summed E-state index contributed by atoms with van der Waals surface area (Å²) in [6.45, 7) is 0. The van der Waals surface area contributed by atoms with Gasteiger partial charge in [-0.3, -0.25) is 0 Å². The van der Waals surface area contributed by atoms with Gasteiger partial charge in [0.05, 0.1) is 135 Å². The first-order chi connectivity index (χ1) is 62.3. The monoisotopic (exact) mass is 1600 g/mol. The Balaban J connectivity index is 0.000000112. The van der Waals surface area contributed by atoms with Crippen LogP contribution in [0.5, 0.6) is 0 Å². The highest BCUT2D eigenvalue weighted by molar-refractivity contribution is 6.26. The molecule has 6 aromatic heterocycles. The van der Waals surface area contributed by atoms with Gasteiger partial charge in [0.15, 0.2) is 0 Å². The van der Waals surface area contributed by atoms with E-state index in [1.54, 1.807) is 0 Å². The van der Waals surface area contributed by atoms with Crippen LogP contribution in [0.15, 0.2) is 400 Å². The Labute approximate surface area is 722 Å². The Morgan fingerprint density at radius 3 is 0.556 bits per heavy atom. The Morgan fingerprint density at radius 2 is 0.333 bits per heavy atom. The summed E-state index contributed by atoms with van der Waals surface area (Å²) in [5.41, 5.74) is 29.0. The van der Waals surface area contributed by atoms with Crippen molar-refractivity contribution in [1.82, 2.24) is 27.4 Å². The maximum atomic E-state index is 9.96. The number of nitrogens with zero attached hydrogens (tertiary/aromatic N) is 12. The van der Waals surface area contributed by atoms with Crippen molar-refractivity contribution in [3.05, 3.63) is 434 Å². The quantitative estimate of drug-likeness (QED) is 0.139. The van der Waals surface area contributed by atoms with Crippen LogP contribution in [0.25, 0.3) is 198 Å². The Bertz CT molecular complexity index is 8630. The van der Waals surface area contributed by atoms with Gasteiger partial charge >= 0.3 is 0 Å². The Hall–Kier alpha value is -18.3. The summed E-state index contributed by atoms with van der Waals surface area (Å²) in [6, 6.07) is 150. The van der Waals surface area contributed by atoms with E-state index in [-0.39, 0.29) is 0 Å². The van der Waals surface area contributed by atoms with Crippen molar-refractivity contribution in [2.45, 2.75) is 0 Å². The molecule has 0 amide bonds. The van der Waals surface area contributed by atoms with Gasteiger partial charge in [-0.1, -0.05) is 237 Å². The number of hydrogen-bond donors (Lipinski definition) is 0. The number of nitriles is 6. The van der Waals surface area contributed by atoms with Crippen LogP contribution in [-0.2, 0) is 0 Å². The fourth-order valence-corrected chi connectivity index (χ4v) is 19.5. The lowest BCUT2D eigenvalue weighted by atomic mass is 9.95. The molecule has 0 fully saturated rings. The molecule has 0 saturated heterocycles. The van der Waals surface area contributed by atoms with Crippen LogP contribution >= 0.6 is 0 Å². The van der Waals surface area contributed by atoms with Gasteiger partial charge in [-0.25, -0.2) is 0 Å². The number of benzene rings is 18. The largest absolute Gasteiger partial charge is 0.309 e. The van der Waals surface area contributed by atoms with Crippen molar-refractivity contribution in [3.8, 4) is 104 Å². The van der Waals surface area contributed by atoms with Crippen LogP contribution < -0.4 is 0 Å². The number of aromatic nitrogens is 6. The van der Waals surface area contributed by atoms with E-state index in [0.717, 1.165) is 188 Å². The molecule has 0 aliphatic heterocycles. The minimum absolute atomic E-state index is 0.629. The highest BCUT2D eigenvalue weighted by atomic mass is 15.0. The number of para-hydroxylation sites is 9. The maximum Gasteiger partial charge on any atom is 0.101 e. The maximum absolute atomic E-state index is 9.96. The second-order valence-electron chi connectivity index (χ2n) is 31.2. The molecule has 24 aromatic rings. The van der Waals surface area contributed by atoms with Crippen LogP contribution in [0.3, 0.4) is 0 Å². The average molecular weight is 1600 g/mol. The lowest BCUT2D eigenvalue weighted by Gasteiger charge is -2.12. The van der Waals surface area contributed by atoms with Crippen LogP contribution in [-0.4, -0.2) is 27.4 Å². The van der Waals surface area contributed by atoms with E-state index in [1.165, 1.54) is 10.8 Å². The van der Waals surface area contributed by atoms with Crippen LogP contribution in [0.2, 0.25) is 0 Å². The molecule has 6 heterocycles. The molecule has 0 aliphatic rings. The third-order valence-electron chi connectivity index (χ3n) is 24.6. The van der Waals surface area contributed by atoms with Crippen LogP contribution in [0.4, 0.5) is 0 Å². The van der Waals surface area contributed by atoms with Crippen LogP contribution in [0.1, 0.15) is 33.4 Å². The van der Waals surface area contributed by atoms with Crippen molar-refractivity contribution in [1.29, 1.82) is 31.6 Å². The molecular weight excluding hydrogens is 1540 g/mol. The lowest BCUT2D eigenvalue weighted by molar-refractivity contribution is 1.17. The molecule has 18 aromatic carbocycles. The van der Waals surface area contributed by atoms with Crippen molar-refractivity contribution >= 4 is 131 Å². The second-order valence-corrected chi connectivity index (χ2v) is 31.2. The molecule has 0 radical (unpaired) electrons. The Morgan fingerprint density at radius 1 is 0.151 bits per heavy atom. The van der Waals surface area contributed by atoms with E-state index < -0.39 is 0 Å². The van der Waals surface area contributed by atoms with Gasteiger partial charge in [0.1, 0.15) is 18.2 Å². The zero-order valence-electron chi connectivity index (χ0n) is 67.5. The smallest absolute Gasteiger partial charge is 0.101 e. The molecule has 0 bridgehead atoms. The number of hydrogen-bond acceptors (Lipinski definition) is 6. The summed E-state index contributed by atoms with van der Waals surface area (Å²) in [7, 11) is 0. The highest BCUT2D eigenvalue weighted by Crippen LogP contribution is 2.49. The number of rotatable bonds is 9. The molecule has 24 rings (SSSR count). The predicted molar refractivity (Wildman–Crippen MR) is 510 cm³/mol. The fraction of sp³-hybridized carbons (Fsp3) is 0.